The van der Waals surface area contributed by atoms with E-state index in [2.05, 4.69) is 42.0 Å². The van der Waals surface area contributed by atoms with Gasteiger partial charge >= 0.3 is 0 Å². The zero-order valence-corrected chi connectivity index (χ0v) is 12.4. The van der Waals surface area contributed by atoms with Crippen molar-refractivity contribution >= 4 is 23.4 Å². The number of hydrogen-bond acceptors (Lipinski definition) is 3. The standard InChI is InChI=1S/C15H15N3OS/c1-9-4-6-12(10(2)8-9)18-14-11(16-15(18)20)5-7-13(17-14)19-3/h4-8H,1-3H3,(H,16,20). The van der Waals surface area contributed by atoms with Crippen LogP contribution in [0.5, 0.6) is 5.88 Å². The quantitative estimate of drug-likeness (QED) is 0.730. The van der Waals surface area contributed by atoms with E-state index in [0.29, 0.717) is 10.7 Å². The maximum absolute atomic E-state index is 5.43. The molecule has 0 bridgehead atoms. The molecule has 3 rings (SSSR count). The first-order valence-corrected chi connectivity index (χ1v) is 6.74. The molecule has 0 atom stereocenters. The van der Waals surface area contributed by atoms with Gasteiger partial charge in [-0.1, -0.05) is 17.7 Å². The number of H-pyrrole nitrogens is 1. The summed E-state index contributed by atoms with van der Waals surface area (Å²) in [5.74, 6) is 0.574. The topological polar surface area (TPSA) is 42.8 Å². The van der Waals surface area contributed by atoms with Crippen molar-refractivity contribution in [1.82, 2.24) is 14.5 Å². The van der Waals surface area contributed by atoms with Gasteiger partial charge in [0, 0.05) is 6.07 Å². The highest BCUT2D eigenvalue weighted by molar-refractivity contribution is 7.71. The van der Waals surface area contributed by atoms with Crippen LogP contribution in [0.4, 0.5) is 0 Å². The van der Waals surface area contributed by atoms with E-state index < -0.39 is 0 Å². The van der Waals surface area contributed by atoms with Crippen molar-refractivity contribution in [1.29, 1.82) is 0 Å². The molecule has 0 spiro atoms. The maximum atomic E-state index is 5.43. The van der Waals surface area contributed by atoms with Crippen LogP contribution in [0.3, 0.4) is 0 Å². The number of nitrogens with zero attached hydrogens (tertiary/aromatic N) is 2. The summed E-state index contributed by atoms with van der Waals surface area (Å²) >= 11 is 5.43. The molecule has 0 aliphatic rings. The Balaban J connectivity index is 2.34. The van der Waals surface area contributed by atoms with E-state index in [1.807, 2.05) is 16.7 Å². The lowest BCUT2D eigenvalue weighted by molar-refractivity contribution is 0.399. The summed E-state index contributed by atoms with van der Waals surface area (Å²) < 4.78 is 7.78. The molecule has 0 radical (unpaired) electrons. The molecular formula is C15H15N3OS. The second-order valence-corrected chi connectivity index (χ2v) is 5.17. The predicted octanol–water partition coefficient (Wildman–Crippen LogP) is 3.71. The smallest absolute Gasteiger partial charge is 0.215 e. The number of imidazole rings is 1. The number of pyridine rings is 1. The summed E-state index contributed by atoms with van der Waals surface area (Å²) in [5.41, 5.74) is 5.10. The number of nitrogens with one attached hydrogen (secondary N) is 1. The third kappa shape index (κ3) is 2.00. The summed E-state index contributed by atoms with van der Waals surface area (Å²) in [7, 11) is 1.61. The summed E-state index contributed by atoms with van der Waals surface area (Å²) in [6.07, 6.45) is 0. The summed E-state index contributed by atoms with van der Waals surface area (Å²) in [5, 5.41) is 0. The van der Waals surface area contributed by atoms with Gasteiger partial charge in [-0.2, -0.15) is 4.98 Å². The molecule has 0 aliphatic carbocycles. The number of rotatable bonds is 2. The van der Waals surface area contributed by atoms with Gasteiger partial charge in [-0.25, -0.2) is 0 Å². The van der Waals surface area contributed by atoms with Crippen LogP contribution in [0, 0.1) is 18.6 Å². The first kappa shape index (κ1) is 12.9. The number of aromatic amines is 1. The summed E-state index contributed by atoms with van der Waals surface area (Å²) in [4.78, 5) is 7.68. The van der Waals surface area contributed by atoms with Crippen molar-refractivity contribution in [2.75, 3.05) is 7.11 Å². The lowest BCUT2D eigenvalue weighted by atomic mass is 10.1. The Morgan fingerprint density at radius 3 is 2.70 bits per heavy atom. The van der Waals surface area contributed by atoms with E-state index in [4.69, 9.17) is 17.0 Å². The normalized spacial score (nSPS) is 10.9. The van der Waals surface area contributed by atoms with E-state index in [1.165, 1.54) is 5.56 Å². The second-order valence-electron chi connectivity index (χ2n) is 4.78. The van der Waals surface area contributed by atoms with E-state index >= 15 is 0 Å². The molecule has 0 saturated heterocycles. The van der Waals surface area contributed by atoms with Crippen molar-refractivity contribution in [2.24, 2.45) is 0 Å². The highest BCUT2D eigenvalue weighted by Gasteiger charge is 2.11. The van der Waals surface area contributed by atoms with Crippen molar-refractivity contribution in [3.8, 4) is 11.6 Å². The van der Waals surface area contributed by atoms with Gasteiger partial charge in [0.25, 0.3) is 0 Å². The fourth-order valence-corrected chi connectivity index (χ4v) is 2.65. The molecule has 5 heteroatoms. The number of ether oxygens (including phenoxy) is 1. The summed E-state index contributed by atoms with van der Waals surface area (Å²) in [6, 6.07) is 10.0. The molecule has 0 aliphatic heterocycles. The highest BCUT2D eigenvalue weighted by atomic mass is 32.1. The number of fused-ring (bicyclic) bond motifs is 1. The Morgan fingerprint density at radius 1 is 1.20 bits per heavy atom. The zero-order chi connectivity index (χ0) is 14.3. The molecule has 102 valence electrons. The average molecular weight is 285 g/mol. The number of aryl methyl sites for hydroxylation is 2. The third-order valence-electron chi connectivity index (χ3n) is 3.31. The zero-order valence-electron chi connectivity index (χ0n) is 11.6. The molecule has 4 nitrogen and oxygen atoms in total. The van der Waals surface area contributed by atoms with Crippen molar-refractivity contribution in [3.63, 3.8) is 0 Å². The molecule has 0 saturated carbocycles. The van der Waals surface area contributed by atoms with Gasteiger partial charge in [0.1, 0.15) is 0 Å². The molecular weight excluding hydrogens is 270 g/mol. The van der Waals surface area contributed by atoms with Crippen molar-refractivity contribution < 1.29 is 4.74 Å². The first-order chi connectivity index (χ1) is 9.60. The van der Waals surface area contributed by atoms with Crippen LogP contribution in [0.25, 0.3) is 16.9 Å². The minimum absolute atomic E-state index is 0.574. The molecule has 1 aromatic carbocycles. The van der Waals surface area contributed by atoms with Gasteiger partial charge in [-0.15, -0.1) is 0 Å². The van der Waals surface area contributed by atoms with E-state index in [-0.39, 0.29) is 0 Å². The molecule has 2 aromatic heterocycles. The Morgan fingerprint density at radius 2 is 2.00 bits per heavy atom. The Kier molecular flexibility index (Phi) is 3.06. The lowest BCUT2D eigenvalue weighted by Crippen LogP contribution is -1.99. The van der Waals surface area contributed by atoms with Crippen LogP contribution in [0.15, 0.2) is 30.3 Å². The van der Waals surface area contributed by atoms with Crippen LogP contribution >= 0.6 is 12.2 Å². The van der Waals surface area contributed by atoms with Gasteiger partial charge in [-0.05, 0) is 43.8 Å². The van der Waals surface area contributed by atoms with E-state index in [9.17, 15) is 0 Å². The Labute approximate surface area is 122 Å². The van der Waals surface area contributed by atoms with Crippen LogP contribution in [-0.4, -0.2) is 21.6 Å². The molecule has 0 fully saturated rings. The van der Waals surface area contributed by atoms with Gasteiger partial charge in [0.2, 0.25) is 5.88 Å². The van der Waals surface area contributed by atoms with Gasteiger partial charge in [0.15, 0.2) is 10.4 Å². The molecule has 0 amide bonds. The second kappa shape index (κ2) is 4.76. The predicted molar refractivity (Wildman–Crippen MR) is 82.3 cm³/mol. The molecule has 20 heavy (non-hydrogen) atoms. The lowest BCUT2D eigenvalue weighted by Gasteiger charge is -2.09. The van der Waals surface area contributed by atoms with Gasteiger partial charge < -0.3 is 9.72 Å². The molecule has 1 N–H and O–H groups in total. The van der Waals surface area contributed by atoms with Crippen LogP contribution < -0.4 is 4.74 Å². The highest BCUT2D eigenvalue weighted by Crippen LogP contribution is 2.23. The SMILES string of the molecule is COc1ccc2[nH]c(=S)n(-c3ccc(C)cc3C)c2n1. The van der Waals surface area contributed by atoms with Crippen molar-refractivity contribution in [2.45, 2.75) is 13.8 Å². The van der Waals surface area contributed by atoms with Crippen LogP contribution in [0.1, 0.15) is 11.1 Å². The monoisotopic (exact) mass is 285 g/mol. The Bertz CT molecular complexity index is 848. The number of methoxy groups -OCH3 is 1. The molecule has 3 aromatic rings. The van der Waals surface area contributed by atoms with E-state index in [0.717, 1.165) is 22.4 Å². The largest absolute Gasteiger partial charge is 0.481 e. The maximum Gasteiger partial charge on any atom is 0.215 e. The van der Waals surface area contributed by atoms with Crippen molar-refractivity contribution in [3.05, 3.63) is 46.2 Å². The van der Waals surface area contributed by atoms with Crippen LogP contribution in [0.2, 0.25) is 0 Å². The number of hydrogen-bond donors (Lipinski definition) is 1. The number of benzene rings is 1. The Hall–Kier alpha value is -2.14. The van der Waals surface area contributed by atoms with Crippen LogP contribution in [-0.2, 0) is 0 Å². The molecule has 0 unspecified atom stereocenters. The summed E-state index contributed by atoms with van der Waals surface area (Å²) in [6.45, 7) is 4.15. The molecule has 2 heterocycles. The fourth-order valence-electron chi connectivity index (χ4n) is 2.36. The van der Waals surface area contributed by atoms with Gasteiger partial charge in [-0.3, -0.25) is 4.57 Å². The first-order valence-electron chi connectivity index (χ1n) is 6.33. The minimum atomic E-state index is 0.574. The van der Waals surface area contributed by atoms with E-state index in [1.54, 1.807) is 7.11 Å². The minimum Gasteiger partial charge on any atom is -0.481 e. The fraction of sp³-hybridized carbons (Fsp3) is 0.200. The van der Waals surface area contributed by atoms with Gasteiger partial charge in [0.05, 0.1) is 18.3 Å². The third-order valence-corrected chi connectivity index (χ3v) is 3.59. The average Bonchev–Trinajstić information content (AvgIpc) is 2.74. The number of aromatic nitrogens is 3.